The maximum absolute atomic E-state index is 12.3. The van der Waals surface area contributed by atoms with Gasteiger partial charge in [0, 0.05) is 25.7 Å². The summed E-state index contributed by atoms with van der Waals surface area (Å²) in [7, 11) is 1.45. The molecule has 1 fully saturated rings. The number of esters is 1. The van der Waals surface area contributed by atoms with Crippen molar-refractivity contribution in [3.63, 3.8) is 0 Å². The second-order valence-electron chi connectivity index (χ2n) is 6.88. The van der Waals surface area contributed by atoms with Crippen molar-refractivity contribution in [1.29, 1.82) is 0 Å². The fraction of sp³-hybridized carbons (Fsp3) is 0.333. The zero-order valence-electron chi connectivity index (χ0n) is 16.6. The lowest BCUT2D eigenvalue weighted by atomic mass is 10.2. The highest BCUT2D eigenvalue weighted by Gasteiger charge is 2.23. The monoisotopic (exact) mass is 413 g/mol. The molecule has 0 saturated carbocycles. The highest BCUT2D eigenvalue weighted by Crippen LogP contribution is 2.22. The van der Waals surface area contributed by atoms with Crippen LogP contribution in [0.25, 0.3) is 0 Å². The number of ether oxygens (including phenoxy) is 1. The summed E-state index contributed by atoms with van der Waals surface area (Å²) >= 11 is 0. The van der Waals surface area contributed by atoms with Crippen LogP contribution in [0, 0.1) is 0 Å². The van der Waals surface area contributed by atoms with Crippen LogP contribution in [0.4, 0.5) is 5.69 Å². The number of benzene rings is 1. The van der Waals surface area contributed by atoms with Crippen molar-refractivity contribution in [2.24, 2.45) is 0 Å². The quantitative estimate of drug-likeness (QED) is 0.654. The van der Waals surface area contributed by atoms with Crippen LogP contribution in [0.1, 0.15) is 29.0 Å². The van der Waals surface area contributed by atoms with E-state index in [9.17, 15) is 19.2 Å². The van der Waals surface area contributed by atoms with E-state index in [0.717, 1.165) is 6.42 Å². The van der Waals surface area contributed by atoms with Gasteiger partial charge >= 0.3 is 5.97 Å². The number of nitrogens with one attached hydrogen (secondary N) is 1. The third-order valence-corrected chi connectivity index (χ3v) is 4.64. The van der Waals surface area contributed by atoms with Crippen molar-refractivity contribution in [2.75, 3.05) is 31.6 Å². The van der Waals surface area contributed by atoms with Crippen molar-refractivity contribution in [3.8, 4) is 0 Å². The second-order valence-corrected chi connectivity index (χ2v) is 6.88. The summed E-state index contributed by atoms with van der Waals surface area (Å²) in [5, 5.41) is 2.63. The molecule has 3 rings (SSSR count). The minimum Gasteiger partial charge on any atom is -0.467 e. The van der Waals surface area contributed by atoms with Gasteiger partial charge in [-0.05, 0) is 36.8 Å². The van der Waals surface area contributed by atoms with Crippen molar-refractivity contribution < 1.29 is 28.3 Å². The Morgan fingerprint density at radius 1 is 1.23 bits per heavy atom. The van der Waals surface area contributed by atoms with Crippen LogP contribution >= 0.6 is 0 Å². The number of nitrogens with zero attached hydrogens (tertiary/aromatic N) is 2. The Labute approximate surface area is 173 Å². The highest BCUT2D eigenvalue weighted by atomic mass is 16.5. The first-order chi connectivity index (χ1) is 14.4. The van der Waals surface area contributed by atoms with Crippen molar-refractivity contribution in [3.05, 3.63) is 54.0 Å². The average molecular weight is 413 g/mol. The summed E-state index contributed by atoms with van der Waals surface area (Å²) in [6.07, 6.45) is 2.78. The molecule has 0 spiro atoms. The van der Waals surface area contributed by atoms with E-state index in [0.29, 0.717) is 24.4 Å². The molecule has 1 N–H and O–H groups in total. The zero-order chi connectivity index (χ0) is 21.5. The first kappa shape index (κ1) is 21.1. The van der Waals surface area contributed by atoms with Gasteiger partial charge in [-0.15, -0.1) is 0 Å². The van der Waals surface area contributed by atoms with E-state index in [1.165, 1.54) is 18.2 Å². The maximum atomic E-state index is 12.3. The molecule has 2 aromatic rings. The van der Waals surface area contributed by atoms with Crippen LogP contribution in [0.2, 0.25) is 0 Å². The molecule has 30 heavy (non-hydrogen) atoms. The fourth-order valence-corrected chi connectivity index (χ4v) is 3.00. The van der Waals surface area contributed by atoms with E-state index in [1.54, 1.807) is 41.3 Å². The number of rotatable bonds is 8. The van der Waals surface area contributed by atoms with E-state index in [1.807, 2.05) is 0 Å². The number of anilines is 1. The molecular weight excluding hydrogens is 390 g/mol. The lowest BCUT2D eigenvalue weighted by Crippen LogP contribution is -2.39. The van der Waals surface area contributed by atoms with Gasteiger partial charge in [-0.1, -0.05) is 6.07 Å². The maximum Gasteiger partial charge on any atom is 0.338 e. The normalized spacial score (nSPS) is 13.2. The molecule has 1 aromatic heterocycles. The van der Waals surface area contributed by atoms with E-state index >= 15 is 0 Å². The summed E-state index contributed by atoms with van der Waals surface area (Å²) in [5.74, 6) is -0.932. The molecule has 0 aliphatic carbocycles. The minimum atomic E-state index is -0.674. The van der Waals surface area contributed by atoms with Crippen molar-refractivity contribution in [1.82, 2.24) is 10.2 Å². The predicted octanol–water partition coefficient (Wildman–Crippen LogP) is 1.34. The van der Waals surface area contributed by atoms with Crippen molar-refractivity contribution >= 4 is 29.4 Å². The number of carbonyl (C=O) groups is 4. The molecule has 1 aromatic carbocycles. The Hall–Kier alpha value is -3.62. The lowest BCUT2D eigenvalue weighted by molar-refractivity contribution is -0.137. The number of hydrogen-bond acceptors (Lipinski definition) is 6. The van der Waals surface area contributed by atoms with Crippen LogP contribution in [0.5, 0.6) is 0 Å². The van der Waals surface area contributed by atoms with E-state index in [2.05, 4.69) is 5.32 Å². The molecule has 1 aliphatic heterocycles. The van der Waals surface area contributed by atoms with E-state index in [4.69, 9.17) is 9.15 Å². The van der Waals surface area contributed by atoms with Gasteiger partial charge in [0.25, 0.3) is 5.91 Å². The lowest BCUT2D eigenvalue weighted by Gasteiger charge is -2.17. The third kappa shape index (κ3) is 5.47. The van der Waals surface area contributed by atoms with Gasteiger partial charge in [0.2, 0.25) is 11.8 Å². The molecule has 3 amide bonds. The number of likely N-dealkylation sites (N-methyl/N-ethyl adjacent to an activating group) is 1. The van der Waals surface area contributed by atoms with Gasteiger partial charge in [0.1, 0.15) is 5.76 Å². The van der Waals surface area contributed by atoms with E-state index < -0.39 is 18.5 Å². The molecule has 158 valence electrons. The first-order valence-corrected chi connectivity index (χ1v) is 9.54. The highest BCUT2D eigenvalue weighted by molar-refractivity contribution is 5.98. The van der Waals surface area contributed by atoms with Crippen LogP contribution in [0.3, 0.4) is 0 Å². The van der Waals surface area contributed by atoms with Crippen LogP contribution < -0.4 is 10.2 Å². The largest absolute Gasteiger partial charge is 0.467 e. The number of furan rings is 1. The van der Waals surface area contributed by atoms with Gasteiger partial charge in [0.15, 0.2) is 6.61 Å². The van der Waals surface area contributed by atoms with Gasteiger partial charge < -0.3 is 24.3 Å². The molecule has 0 unspecified atom stereocenters. The summed E-state index contributed by atoms with van der Waals surface area (Å²) in [5.41, 5.74) is 0.877. The Morgan fingerprint density at radius 3 is 2.77 bits per heavy atom. The number of amides is 3. The predicted molar refractivity (Wildman–Crippen MR) is 107 cm³/mol. The van der Waals surface area contributed by atoms with Gasteiger partial charge in [-0.3, -0.25) is 14.4 Å². The Balaban J connectivity index is 1.46. The molecular formula is C21H23N3O6. The minimum absolute atomic E-state index is 0.0163. The molecule has 0 radical (unpaired) electrons. The fourth-order valence-electron chi connectivity index (χ4n) is 3.00. The summed E-state index contributed by atoms with van der Waals surface area (Å²) in [6, 6.07) is 9.98. The topological polar surface area (TPSA) is 109 Å². The Bertz CT molecular complexity index is 925. The summed E-state index contributed by atoms with van der Waals surface area (Å²) < 4.78 is 10.2. The third-order valence-electron chi connectivity index (χ3n) is 4.64. The van der Waals surface area contributed by atoms with Crippen LogP contribution in [0.15, 0.2) is 47.1 Å². The molecule has 0 bridgehead atoms. The first-order valence-electron chi connectivity index (χ1n) is 9.54. The van der Waals surface area contributed by atoms with E-state index in [-0.39, 0.29) is 30.5 Å². The molecule has 9 heteroatoms. The molecule has 9 nitrogen and oxygen atoms in total. The van der Waals surface area contributed by atoms with Gasteiger partial charge in [-0.25, -0.2) is 4.79 Å². The van der Waals surface area contributed by atoms with Gasteiger partial charge in [0.05, 0.1) is 24.9 Å². The zero-order valence-corrected chi connectivity index (χ0v) is 16.6. The van der Waals surface area contributed by atoms with Crippen molar-refractivity contribution in [2.45, 2.75) is 19.4 Å². The SMILES string of the molecule is CN(CC(=O)NCc1ccco1)C(=O)COC(=O)c1cccc(N2CCCC2=O)c1. The smallest absolute Gasteiger partial charge is 0.338 e. The molecule has 1 aliphatic rings. The number of carbonyl (C=O) groups excluding carboxylic acids is 4. The molecule has 0 atom stereocenters. The Morgan fingerprint density at radius 2 is 2.07 bits per heavy atom. The van der Waals surface area contributed by atoms with Crippen LogP contribution in [-0.4, -0.2) is 55.3 Å². The molecule has 2 heterocycles. The second kappa shape index (κ2) is 9.73. The van der Waals surface area contributed by atoms with Crippen LogP contribution in [-0.2, 0) is 25.7 Å². The van der Waals surface area contributed by atoms with Gasteiger partial charge in [-0.2, -0.15) is 0 Å². The summed E-state index contributed by atoms with van der Waals surface area (Å²) in [6.45, 7) is 0.165. The molecule has 1 saturated heterocycles. The Kier molecular flexibility index (Phi) is 6.84. The number of hydrogen-bond donors (Lipinski definition) is 1. The standard InChI is InChI=1S/C21H23N3O6/c1-23(13-18(25)22-12-17-7-4-10-29-17)20(27)14-30-21(28)15-5-2-6-16(11-15)24-9-3-8-19(24)26/h2,4-7,10-11H,3,8-9,12-14H2,1H3,(H,22,25). The summed E-state index contributed by atoms with van der Waals surface area (Å²) in [4.78, 5) is 51.0. The average Bonchev–Trinajstić information content (AvgIpc) is 3.41.